The van der Waals surface area contributed by atoms with Crippen LogP contribution >= 0.6 is 0 Å². The molecule has 0 spiro atoms. The van der Waals surface area contributed by atoms with E-state index in [2.05, 4.69) is 62.4 Å². The average molecular weight is 363 g/mol. The summed E-state index contributed by atoms with van der Waals surface area (Å²) in [7, 11) is 1.81. The molecular formula is C22H25N3O2. The summed E-state index contributed by atoms with van der Waals surface area (Å²) in [6.07, 6.45) is 2.02. The van der Waals surface area contributed by atoms with E-state index in [1.54, 1.807) is 4.90 Å². The van der Waals surface area contributed by atoms with E-state index in [-0.39, 0.29) is 6.54 Å². The minimum absolute atomic E-state index is 0.00349. The van der Waals surface area contributed by atoms with Crippen LogP contribution in [0.15, 0.2) is 54.7 Å². The summed E-state index contributed by atoms with van der Waals surface area (Å²) < 4.78 is 1.93. The highest BCUT2D eigenvalue weighted by atomic mass is 16.4. The monoisotopic (exact) mass is 363 g/mol. The summed E-state index contributed by atoms with van der Waals surface area (Å²) in [6.45, 7) is 5.34. The Labute approximate surface area is 159 Å². The molecule has 5 nitrogen and oxygen atoms in total. The van der Waals surface area contributed by atoms with Gasteiger partial charge in [-0.25, -0.2) is 0 Å². The molecule has 0 bridgehead atoms. The Balaban J connectivity index is 1.91. The van der Waals surface area contributed by atoms with Gasteiger partial charge >= 0.3 is 5.97 Å². The quantitative estimate of drug-likeness (QED) is 0.695. The van der Waals surface area contributed by atoms with Crippen molar-refractivity contribution in [2.75, 3.05) is 13.6 Å². The zero-order chi connectivity index (χ0) is 19.4. The van der Waals surface area contributed by atoms with Gasteiger partial charge in [-0.15, -0.1) is 0 Å². The highest BCUT2D eigenvalue weighted by Crippen LogP contribution is 2.24. The highest BCUT2D eigenvalue weighted by Gasteiger charge is 2.15. The van der Waals surface area contributed by atoms with Gasteiger partial charge in [-0.2, -0.15) is 5.10 Å². The molecule has 0 saturated heterocycles. The predicted octanol–water partition coefficient (Wildman–Crippen LogP) is 3.73. The van der Waals surface area contributed by atoms with Crippen LogP contribution in [0.25, 0.3) is 11.3 Å². The number of carbonyl (C=O) groups is 1. The van der Waals surface area contributed by atoms with Crippen molar-refractivity contribution in [3.05, 3.63) is 77.0 Å². The zero-order valence-electron chi connectivity index (χ0n) is 16.0. The number of nitrogens with zero attached hydrogens (tertiary/aromatic N) is 3. The van der Waals surface area contributed by atoms with Crippen LogP contribution in [-0.4, -0.2) is 39.3 Å². The fraction of sp³-hybridized carbons (Fsp3) is 0.273. The maximum Gasteiger partial charge on any atom is 0.317 e. The van der Waals surface area contributed by atoms with E-state index in [0.717, 1.165) is 16.8 Å². The number of aliphatic carboxylic acids is 1. The van der Waals surface area contributed by atoms with E-state index in [0.29, 0.717) is 13.1 Å². The van der Waals surface area contributed by atoms with Crippen LogP contribution < -0.4 is 0 Å². The average Bonchev–Trinajstić information content (AvgIpc) is 2.99. The standard InChI is InChI=1S/C22H25N3O2/c1-16-4-8-18(9-5-16)12-25-14-20(13-24(3)15-21(26)27)22(23-25)19-10-6-17(2)7-11-19/h4-11,14H,12-13,15H2,1-3H3,(H,26,27). The lowest BCUT2D eigenvalue weighted by Gasteiger charge is -2.13. The molecule has 0 fully saturated rings. The van der Waals surface area contributed by atoms with Crippen LogP contribution in [0.4, 0.5) is 0 Å². The Morgan fingerprint density at radius 1 is 1.04 bits per heavy atom. The molecule has 1 heterocycles. The van der Waals surface area contributed by atoms with E-state index in [9.17, 15) is 4.79 Å². The van der Waals surface area contributed by atoms with Crippen molar-refractivity contribution in [3.63, 3.8) is 0 Å². The molecule has 5 heteroatoms. The lowest BCUT2D eigenvalue weighted by Crippen LogP contribution is -2.25. The van der Waals surface area contributed by atoms with Crippen molar-refractivity contribution in [1.29, 1.82) is 0 Å². The molecule has 0 amide bonds. The van der Waals surface area contributed by atoms with Gasteiger partial charge in [0.05, 0.1) is 18.8 Å². The minimum Gasteiger partial charge on any atom is -0.480 e. The van der Waals surface area contributed by atoms with Crippen molar-refractivity contribution in [2.24, 2.45) is 0 Å². The lowest BCUT2D eigenvalue weighted by atomic mass is 10.1. The Morgan fingerprint density at radius 2 is 1.63 bits per heavy atom. The first kappa shape index (κ1) is 18.9. The molecular weight excluding hydrogens is 338 g/mol. The summed E-state index contributed by atoms with van der Waals surface area (Å²) in [5.74, 6) is -0.832. The Hall–Kier alpha value is -2.92. The third-order valence-corrected chi connectivity index (χ3v) is 4.47. The van der Waals surface area contributed by atoms with Crippen LogP contribution in [0.1, 0.15) is 22.3 Å². The second kappa shape index (κ2) is 8.18. The predicted molar refractivity (Wildman–Crippen MR) is 107 cm³/mol. The van der Waals surface area contributed by atoms with Crippen molar-refractivity contribution in [1.82, 2.24) is 14.7 Å². The molecule has 140 valence electrons. The maximum atomic E-state index is 11.0. The molecule has 0 saturated carbocycles. The normalized spacial score (nSPS) is 11.1. The van der Waals surface area contributed by atoms with Crippen molar-refractivity contribution in [2.45, 2.75) is 26.9 Å². The number of aryl methyl sites for hydroxylation is 2. The van der Waals surface area contributed by atoms with Crippen LogP contribution in [0.3, 0.4) is 0 Å². The van der Waals surface area contributed by atoms with E-state index in [1.165, 1.54) is 16.7 Å². The largest absolute Gasteiger partial charge is 0.480 e. The molecule has 1 aromatic heterocycles. The molecule has 0 atom stereocenters. The number of hydrogen-bond acceptors (Lipinski definition) is 3. The van der Waals surface area contributed by atoms with Crippen LogP contribution in [0, 0.1) is 13.8 Å². The number of hydrogen-bond donors (Lipinski definition) is 1. The van der Waals surface area contributed by atoms with E-state index >= 15 is 0 Å². The summed E-state index contributed by atoms with van der Waals surface area (Å²) in [4.78, 5) is 12.8. The third kappa shape index (κ3) is 5.05. The summed E-state index contributed by atoms with van der Waals surface area (Å²) in [5, 5.41) is 13.8. The molecule has 2 aromatic carbocycles. The van der Waals surface area contributed by atoms with Gasteiger partial charge in [0.1, 0.15) is 0 Å². The van der Waals surface area contributed by atoms with Crippen LogP contribution in [0.2, 0.25) is 0 Å². The Bertz CT molecular complexity index is 912. The first-order valence-corrected chi connectivity index (χ1v) is 9.00. The van der Waals surface area contributed by atoms with Gasteiger partial charge < -0.3 is 5.11 Å². The Kier molecular flexibility index (Phi) is 5.72. The van der Waals surface area contributed by atoms with E-state index < -0.39 is 5.97 Å². The van der Waals surface area contributed by atoms with E-state index in [1.807, 2.05) is 17.9 Å². The van der Waals surface area contributed by atoms with E-state index in [4.69, 9.17) is 10.2 Å². The smallest absolute Gasteiger partial charge is 0.317 e. The molecule has 0 radical (unpaired) electrons. The molecule has 3 rings (SSSR count). The minimum atomic E-state index is -0.832. The third-order valence-electron chi connectivity index (χ3n) is 4.47. The molecule has 3 aromatic rings. The second-order valence-electron chi connectivity index (χ2n) is 7.12. The molecule has 0 aliphatic heterocycles. The van der Waals surface area contributed by atoms with Crippen LogP contribution in [-0.2, 0) is 17.9 Å². The number of aromatic nitrogens is 2. The van der Waals surface area contributed by atoms with Gasteiger partial charge in [-0.05, 0) is 26.5 Å². The SMILES string of the molecule is Cc1ccc(Cn2cc(CN(C)CC(=O)O)c(-c3ccc(C)cc3)n2)cc1. The number of carboxylic acid groups (broad SMARTS) is 1. The van der Waals surface area contributed by atoms with Gasteiger partial charge in [0.15, 0.2) is 0 Å². The van der Waals surface area contributed by atoms with Gasteiger partial charge in [0.2, 0.25) is 0 Å². The molecule has 1 N–H and O–H groups in total. The number of rotatable bonds is 7. The van der Waals surface area contributed by atoms with Gasteiger partial charge in [-0.1, -0.05) is 59.7 Å². The number of benzene rings is 2. The molecule has 0 aliphatic carbocycles. The summed E-state index contributed by atoms with van der Waals surface area (Å²) in [6, 6.07) is 16.7. The number of carboxylic acids is 1. The molecule has 0 aliphatic rings. The second-order valence-corrected chi connectivity index (χ2v) is 7.12. The molecule has 27 heavy (non-hydrogen) atoms. The fourth-order valence-electron chi connectivity index (χ4n) is 3.07. The summed E-state index contributed by atoms with van der Waals surface area (Å²) >= 11 is 0. The number of likely N-dealkylation sites (N-methyl/N-ethyl adjacent to an activating group) is 1. The molecule has 0 unspecified atom stereocenters. The lowest BCUT2D eigenvalue weighted by molar-refractivity contribution is -0.138. The van der Waals surface area contributed by atoms with Gasteiger partial charge in [-0.3, -0.25) is 14.4 Å². The van der Waals surface area contributed by atoms with Crippen LogP contribution in [0.5, 0.6) is 0 Å². The highest BCUT2D eigenvalue weighted by molar-refractivity contribution is 5.69. The summed E-state index contributed by atoms with van der Waals surface area (Å²) in [5.41, 5.74) is 6.58. The Morgan fingerprint density at radius 3 is 2.22 bits per heavy atom. The fourth-order valence-corrected chi connectivity index (χ4v) is 3.07. The first-order valence-electron chi connectivity index (χ1n) is 9.00. The van der Waals surface area contributed by atoms with Crippen molar-refractivity contribution >= 4 is 5.97 Å². The van der Waals surface area contributed by atoms with Gasteiger partial charge in [0, 0.05) is 23.9 Å². The zero-order valence-corrected chi connectivity index (χ0v) is 16.0. The first-order chi connectivity index (χ1) is 12.9. The van der Waals surface area contributed by atoms with Crippen molar-refractivity contribution < 1.29 is 9.90 Å². The van der Waals surface area contributed by atoms with Crippen molar-refractivity contribution in [3.8, 4) is 11.3 Å². The van der Waals surface area contributed by atoms with Gasteiger partial charge in [0.25, 0.3) is 0 Å². The topological polar surface area (TPSA) is 58.4 Å². The maximum absolute atomic E-state index is 11.0.